The van der Waals surface area contributed by atoms with Gasteiger partial charge in [0.2, 0.25) is 5.91 Å². The SMILES string of the molecule is CC(C)[C@H](NC(=O)NCc1ccc2nc[nH]c2c1)C(N)=O. The summed E-state index contributed by atoms with van der Waals surface area (Å²) in [6, 6.07) is 4.58. The van der Waals surface area contributed by atoms with Crippen LogP contribution < -0.4 is 16.4 Å². The van der Waals surface area contributed by atoms with Gasteiger partial charge in [-0.3, -0.25) is 4.79 Å². The number of H-pyrrole nitrogens is 1. The minimum absolute atomic E-state index is 0.0606. The zero-order chi connectivity index (χ0) is 15.4. The molecule has 0 spiro atoms. The molecule has 0 aliphatic rings. The fraction of sp³-hybridized carbons (Fsp3) is 0.357. The van der Waals surface area contributed by atoms with Crippen LogP contribution in [0.4, 0.5) is 4.79 Å². The van der Waals surface area contributed by atoms with E-state index in [-0.39, 0.29) is 5.92 Å². The predicted octanol–water partition coefficient (Wildman–Crippen LogP) is 0.872. The Morgan fingerprint density at radius 3 is 2.81 bits per heavy atom. The van der Waals surface area contributed by atoms with Crippen LogP contribution in [0.25, 0.3) is 11.0 Å². The van der Waals surface area contributed by atoms with E-state index < -0.39 is 18.0 Å². The van der Waals surface area contributed by atoms with Crippen molar-refractivity contribution in [3.8, 4) is 0 Å². The molecule has 0 saturated carbocycles. The summed E-state index contributed by atoms with van der Waals surface area (Å²) in [5.74, 6) is -0.603. The molecule has 21 heavy (non-hydrogen) atoms. The summed E-state index contributed by atoms with van der Waals surface area (Å²) in [4.78, 5) is 30.2. The van der Waals surface area contributed by atoms with Gasteiger partial charge in [0.05, 0.1) is 17.4 Å². The Kier molecular flexibility index (Phi) is 4.42. The van der Waals surface area contributed by atoms with Gasteiger partial charge in [0.25, 0.3) is 0 Å². The maximum absolute atomic E-state index is 11.8. The van der Waals surface area contributed by atoms with Crippen molar-refractivity contribution in [3.05, 3.63) is 30.1 Å². The molecular formula is C14H19N5O2. The average Bonchev–Trinajstić information content (AvgIpc) is 2.89. The Bertz CT molecular complexity index is 650. The van der Waals surface area contributed by atoms with Gasteiger partial charge in [0.15, 0.2) is 0 Å². The minimum Gasteiger partial charge on any atom is -0.368 e. The van der Waals surface area contributed by atoms with E-state index in [1.165, 1.54) is 0 Å². The number of nitrogens with two attached hydrogens (primary N) is 1. The molecule has 7 heteroatoms. The van der Waals surface area contributed by atoms with E-state index in [4.69, 9.17) is 5.73 Å². The van der Waals surface area contributed by atoms with E-state index in [0.717, 1.165) is 16.6 Å². The zero-order valence-electron chi connectivity index (χ0n) is 12.0. The van der Waals surface area contributed by atoms with Gasteiger partial charge in [-0.15, -0.1) is 0 Å². The molecule has 0 fully saturated rings. The number of carbonyl (C=O) groups is 2. The third-order valence-corrected chi connectivity index (χ3v) is 3.20. The zero-order valence-corrected chi connectivity index (χ0v) is 12.0. The number of amides is 3. The van der Waals surface area contributed by atoms with E-state index in [1.807, 2.05) is 32.0 Å². The summed E-state index contributed by atoms with van der Waals surface area (Å²) in [5.41, 5.74) is 7.96. The number of carbonyl (C=O) groups excluding carboxylic acids is 2. The highest BCUT2D eigenvalue weighted by Gasteiger charge is 2.21. The molecule has 112 valence electrons. The monoisotopic (exact) mass is 289 g/mol. The van der Waals surface area contributed by atoms with E-state index in [9.17, 15) is 9.59 Å². The van der Waals surface area contributed by atoms with Crippen molar-refractivity contribution in [2.75, 3.05) is 0 Å². The first kappa shape index (κ1) is 14.8. The van der Waals surface area contributed by atoms with Crippen molar-refractivity contribution in [1.82, 2.24) is 20.6 Å². The molecule has 2 rings (SSSR count). The third-order valence-electron chi connectivity index (χ3n) is 3.20. The molecule has 0 unspecified atom stereocenters. The second-order valence-electron chi connectivity index (χ2n) is 5.21. The normalized spacial score (nSPS) is 12.3. The molecule has 1 aromatic carbocycles. The van der Waals surface area contributed by atoms with Crippen molar-refractivity contribution >= 4 is 23.0 Å². The summed E-state index contributed by atoms with van der Waals surface area (Å²) in [6.07, 6.45) is 1.62. The Balaban J connectivity index is 1.92. The smallest absolute Gasteiger partial charge is 0.315 e. The van der Waals surface area contributed by atoms with Crippen LogP contribution in [0.5, 0.6) is 0 Å². The van der Waals surface area contributed by atoms with Crippen LogP contribution in [0.2, 0.25) is 0 Å². The van der Waals surface area contributed by atoms with Crippen molar-refractivity contribution in [2.45, 2.75) is 26.4 Å². The van der Waals surface area contributed by atoms with Crippen molar-refractivity contribution in [2.24, 2.45) is 11.7 Å². The first-order valence-electron chi connectivity index (χ1n) is 6.73. The lowest BCUT2D eigenvalue weighted by atomic mass is 10.0. The second kappa shape index (κ2) is 6.25. The molecule has 2 aromatic rings. The Morgan fingerprint density at radius 1 is 1.38 bits per heavy atom. The van der Waals surface area contributed by atoms with Crippen LogP contribution in [0.1, 0.15) is 19.4 Å². The van der Waals surface area contributed by atoms with Crippen molar-refractivity contribution in [3.63, 3.8) is 0 Å². The quantitative estimate of drug-likeness (QED) is 0.655. The molecule has 0 aliphatic carbocycles. The van der Waals surface area contributed by atoms with Gasteiger partial charge in [-0.05, 0) is 23.6 Å². The molecule has 3 amide bonds. The number of hydrogen-bond acceptors (Lipinski definition) is 3. The summed E-state index contributed by atoms with van der Waals surface area (Å²) in [5, 5.41) is 5.28. The van der Waals surface area contributed by atoms with Crippen LogP contribution in [0, 0.1) is 5.92 Å². The maximum atomic E-state index is 11.8. The highest BCUT2D eigenvalue weighted by molar-refractivity contribution is 5.86. The molecule has 1 atom stereocenters. The second-order valence-corrected chi connectivity index (χ2v) is 5.21. The van der Waals surface area contributed by atoms with Crippen molar-refractivity contribution < 1.29 is 9.59 Å². The van der Waals surface area contributed by atoms with Gasteiger partial charge in [-0.2, -0.15) is 0 Å². The summed E-state index contributed by atoms with van der Waals surface area (Å²) in [7, 11) is 0. The first-order valence-corrected chi connectivity index (χ1v) is 6.73. The van der Waals surface area contributed by atoms with Crippen LogP contribution in [-0.2, 0) is 11.3 Å². The summed E-state index contributed by atoms with van der Waals surface area (Å²) >= 11 is 0. The number of aromatic nitrogens is 2. The van der Waals surface area contributed by atoms with Crippen LogP contribution in [0.3, 0.4) is 0 Å². The number of hydrogen-bond donors (Lipinski definition) is 4. The lowest BCUT2D eigenvalue weighted by Crippen LogP contribution is -2.50. The van der Waals surface area contributed by atoms with Crippen LogP contribution >= 0.6 is 0 Å². The molecule has 0 aliphatic heterocycles. The highest BCUT2D eigenvalue weighted by atomic mass is 16.2. The molecule has 1 heterocycles. The standard InChI is InChI=1S/C14H19N5O2/c1-8(2)12(13(15)20)19-14(21)16-6-9-3-4-10-11(5-9)18-7-17-10/h3-5,7-8,12H,6H2,1-2H3,(H2,15,20)(H,17,18)(H2,16,19,21)/t12-/m0/s1. The van der Waals surface area contributed by atoms with E-state index >= 15 is 0 Å². The van der Waals surface area contributed by atoms with Gasteiger partial charge in [0, 0.05) is 6.54 Å². The van der Waals surface area contributed by atoms with Crippen molar-refractivity contribution in [1.29, 1.82) is 0 Å². The van der Waals surface area contributed by atoms with Crippen LogP contribution in [-0.4, -0.2) is 27.9 Å². The minimum atomic E-state index is -0.680. The third kappa shape index (κ3) is 3.71. The Hall–Kier alpha value is -2.57. The molecule has 0 radical (unpaired) electrons. The van der Waals surface area contributed by atoms with E-state index in [1.54, 1.807) is 6.33 Å². The first-order chi connectivity index (χ1) is 9.97. The molecule has 0 bridgehead atoms. The number of nitrogens with zero attached hydrogens (tertiary/aromatic N) is 1. The average molecular weight is 289 g/mol. The summed E-state index contributed by atoms with van der Waals surface area (Å²) < 4.78 is 0. The fourth-order valence-corrected chi connectivity index (χ4v) is 2.03. The molecule has 5 N–H and O–H groups in total. The number of urea groups is 1. The van der Waals surface area contributed by atoms with E-state index in [0.29, 0.717) is 6.54 Å². The number of rotatable bonds is 5. The lowest BCUT2D eigenvalue weighted by molar-refractivity contribution is -0.120. The molecule has 1 aromatic heterocycles. The van der Waals surface area contributed by atoms with Crippen LogP contribution in [0.15, 0.2) is 24.5 Å². The number of aromatic amines is 1. The van der Waals surface area contributed by atoms with Gasteiger partial charge in [0.1, 0.15) is 6.04 Å². The molecular weight excluding hydrogens is 270 g/mol. The maximum Gasteiger partial charge on any atom is 0.315 e. The number of nitrogens with one attached hydrogen (secondary N) is 3. The van der Waals surface area contributed by atoms with Gasteiger partial charge >= 0.3 is 6.03 Å². The Labute approximate surface area is 122 Å². The molecule has 7 nitrogen and oxygen atoms in total. The number of benzene rings is 1. The number of imidazole rings is 1. The Morgan fingerprint density at radius 2 is 2.14 bits per heavy atom. The predicted molar refractivity (Wildman–Crippen MR) is 79.3 cm³/mol. The van der Waals surface area contributed by atoms with Gasteiger partial charge in [-0.1, -0.05) is 19.9 Å². The largest absolute Gasteiger partial charge is 0.368 e. The van der Waals surface area contributed by atoms with Gasteiger partial charge < -0.3 is 21.4 Å². The highest BCUT2D eigenvalue weighted by Crippen LogP contribution is 2.11. The van der Waals surface area contributed by atoms with Gasteiger partial charge in [-0.25, -0.2) is 9.78 Å². The number of primary amides is 1. The fourth-order valence-electron chi connectivity index (χ4n) is 2.03. The summed E-state index contributed by atoms with van der Waals surface area (Å²) in [6.45, 7) is 3.99. The van der Waals surface area contributed by atoms with E-state index in [2.05, 4.69) is 20.6 Å². The topological polar surface area (TPSA) is 113 Å². The molecule has 0 saturated heterocycles. The lowest BCUT2D eigenvalue weighted by Gasteiger charge is -2.19. The number of fused-ring (bicyclic) bond motifs is 1.